The summed E-state index contributed by atoms with van der Waals surface area (Å²) in [5.41, 5.74) is 0. The van der Waals surface area contributed by atoms with Crippen LogP contribution >= 0.6 is 0 Å². The first-order chi connectivity index (χ1) is 33.0. The Morgan fingerprint density at radius 2 is 0.582 bits per heavy atom. The molecule has 0 aromatic rings. The highest BCUT2D eigenvalue weighted by Crippen LogP contribution is 2.16. The van der Waals surface area contributed by atoms with Gasteiger partial charge in [0, 0.05) is 19.3 Å². The van der Waals surface area contributed by atoms with Gasteiger partial charge in [-0.2, -0.15) is 0 Å². The van der Waals surface area contributed by atoms with Crippen molar-refractivity contribution in [3.8, 4) is 0 Å². The normalized spacial score (nSPS) is 12.3. The van der Waals surface area contributed by atoms with Gasteiger partial charge in [-0.1, -0.05) is 256 Å². The molecule has 67 heavy (non-hydrogen) atoms. The predicted octanol–water partition coefficient (Wildman–Crippen LogP) is 19.4. The zero-order valence-corrected chi connectivity index (χ0v) is 44.7. The molecule has 0 fully saturated rings. The fraction of sp³-hybridized carbons (Fsp3) is 0.820. The average molecular weight is 940 g/mol. The van der Waals surface area contributed by atoms with Crippen LogP contribution < -0.4 is 0 Å². The Balaban J connectivity index is 4.36. The molecule has 0 radical (unpaired) electrons. The molecule has 0 aliphatic rings. The third-order valence-electron chi connectivity index (χ3n) is 12.8. The predicted molar refractivity (Wildman–Crippen MR) is 289 cm³/mol. The first-order valence-electron chi connectivity index (χ1n) is 29.1. The molecule has 0 aromatic carbocycles. The number of hydrogen-bond acceptors (Lipinski definition) is 6. The van der Waals surface area contributed by atoms with E-state index in [-0.39, 0.29) is 31.1 Å². The fourth-order valence-corrected chi connectivity index (χ4v) is 8.45. The molecule has 0 aromatic heterocycles. The molecule has 0 aliphatic carbocycles. The van der Waals surface area contributed by atoms with Crippen LogP contribution in [0, 0.1) is 0 Å². The van der Waals surface area contributed by atoms with Crippen molar-refractivity contribution in [2.45, 2.75) is 309 Å². The van der Waals surface area contributed by atoms with Crippen molar-refractivity contribution in [3.63, 3.8) is 0 Å². The minimum atomic E-state index is -0.779. The summed E-state index contributed by atoms with van der Waals surface area (Å²) in [6.07, 6.45) is 68.1. The quantitative estimate of drug-likeness (QED) is 0.0262. The van der Waals surface area contributed by atoms with E-state index in [9.17, 15) is 14.4 Å². The highest BCUT2D eigenvalue weighted by molar-refractivity contribution is 5.71. The molecule has 0 spiro atoms. The van der Waals surface area contributed by atoms with Crippen molar-refractivity contribution >= 4 is 17.9 Å². The Hall–Kier alpha value is -2.63. The number of allylic oxidation sites excluding steroid dienone is 8. The molecule has 0 amide bonds. The Bertz CT molecular complexity index is 1170. The number of carbonyl (C=O) groups excluding carboxylic acids is 3. The zero-order valence-electron chi connectivity index (χ0n) is 44.7. The lowest BCUT2D eigenvalue weighted by Gasteiger charge is -2.18. The van der Waals surface area contributed by atoms with E-state index in [2.05, 4.69) is 69.4 Å². The van der Waals surface area contributed by atoms with Crippen LogP contribution in [0.2, 0.25) is 0 Å². The van der Waals surface area contributed by atoms with E-state index < -0.39 is 6.10 Å². The molecule has 1 atom stereocenters. The average Bonchev–Trinajstić information content (AvgIpc) is 3.33. The van der Waals surface area contributed by atoms with Gasteiger partial charge in [-0.25, -0.2) is 0 Å². The Morgan fingerprint density at radius 3 is 0.925 bits per heavy atom. The van der Waals surface area contributed by atoms with Gasteiger partial charge in [0.05, 0.1) is 0 Å². The minimum absolute atomic E-state index is 0.0763. The molecule has 0 saturated heterocycles. The van der Waals surface area contributed by atoms with Crippen molar-refractivity contribution < 1.29 is 28.6 Å². The summed E-state index contributed by atoms with van der Waals surface area (Å²) in [5, 5.41) is 0. The van der Waals surface area contributed by atoms with Gasteiger partial charge in [0.25, 0.3) is 0 Å². The van der Waals surface area contributed by atoms with E-state index in [1.807, 2.05) is 0 Å². The van der Waals surface area contributed by atoms with E-state index in [4.69, 9.17) is 14.2 Å². The molecule has 6 nitrogen and oxygen atoms in total. The molecular weight excluding hydrogens is 829 g/mol. The number of rotatable bonds is 53. The summed E-state index contributed by atoms with van der Waals surface area (Å²) in [5.74, 6) is -0.880. The van der Waals surface area contributed by atoms with E-state index in [0.29, 0.717) is 19.3 Å². The van der Waals surface area contributed by atoms with Crippen LogP contribution in [0.5, 0.6) is 0 Å². The van der Waals surface area contributed by atoms with Crippen LogP contribution in [0.4, 0.5) is 0 Å². The molecule has 0 N–H and O–H groups in total. The summed E-state index contributed by atoms with van der Waals surface area (Å²) < 4.78 is 16.9. The third kappa shape index (κ3) is 54.2. The second-order valence-corrected chi connectivity index (χ2v) is 19.5. The highest BCUT2D eigenvalue weighted by atomic mass is 16.6. The van der Waals surface area contributed by atoms with Gasteiger partial charge in [-0.15, -0.1) is 0 Å². The molecule has 390 valence electrons. The first kappa shape index (κ1) is 64.4. The number of esters is 3. The molecule has 6 heteroatoms. The van der Waals surface area contributed by atoms with E-state index >= 15 is 0 Å². The molecule has 0 saturated carbocycles. The first-order valence-corrected chi connectivity index (χ1v) is 29.1. The van der Waals surface area contributed by atoms with Crippen molar-refractivity contribution in [2.75, 3.05) is 13.2 Å². The van der Waals surface area contributed by atoms with Crippen LogP contribution in [0.1, 0.15) is 303 Å². The maximum absolute atomic E-state index is 12.9. The van der Waals surface area contributed by atoms with Crippen LogP contribution in [0.25, 0.3) is 0 Å². The molecule has 0 aliphatic heterocycles. The standard InChI is InChI=1S/C61H110O6/c1-4-7-10-13-16-19-22-25-28-29-30-31-34-37-40-43-46-49-52-55-61(64)67-58(56-65-59(62)53-50-47-44-41-38-35-32-26-23-20-17-14-11-8-5-2)57-66-60(63)54-51-48-45-42-39-36-33-27-24-21-18-15-12-9-6-3/h8,11,17,20,25-26,28,32,58H,4-7,9-10,12-16,18-19,21-24,27,29-31,33-57H2,1-3H3/b11-8-,20-17-,28-25-,32-26-/t58-/m1/s1. The van der Waals surface area contributed by atoms with Gasteiger partial charge in [-0.05, 0) is 77.0 Å². The van der Waals surface area contributed by atoms with Crippen molar-refractivity contribution in [1.82, 2.24) is 0 Å². The van der Waals surface area contributed by atoms with Gasteiger partial charge in [0.1, 0.15) is 13.2 Å². The fourth-order valence-electron chi connectivity index (χ4n) is 8.45. The SMILES string of the molecule is CC/C=C\C/C=C\C/C=C\CCCCCCCC(=O)OC[C@H](COC(=O)CCCCCCCCCCCCCCCCC)OC(=O)CCCCCCCCCCC/C=C\CCCCCCCC. The molecule has 0 unspecified atom stereocenters. The third-order valence-corrected chi connectivity index (χ3v) is 12.8. The van der Waals surface area contributed by atoms with E-state index in [0.717, 1.165) is 96.3 Å². The number of unbranched alkanes of at least 4 members (excludes halogenated alkanes) is 34. The lowest BCUT2D eigenvalue weighted by Crippen LogP contribution is -2.30. The molecular formula is C61H110O6. The van der Waals surface area contributed by atoms with Crippen molar-refractivity contribution in [2.24, 2.45) is 0 Å². The Labute approximate surface area is 416 Å². The summed E-state index contributed by atoms with van der Waals surface area (Å²) in [6.45, 7) is 6.55. The lowest BCUT2D eigenvalue weighted by molar-refractivity contribution is -0.167. The summed E-state index contributed by atoms with van der Waals surface area (Å²) in [6, 6.07) is 0. The summed E-state index contributed by atoms with van der Waals surface area (Å²) in [4.78, 5) is 38.2. The second kappa shape index (κ2) is 56.0. The van der Waals surface area contributed by atoms with Crippen molar-refractivity contribution in [3.05, 3.63) is 48.6 Å². The Kier molecular flexibility index (Phi) is 53.8. The number of carbonyl (C=O) groups is 3. The summed E-state index contributed by atoms with van der Waals surface area (Å²) in [7, 11) is 0. The zero-order chi connectivity index (χ0) is 48.6. The van der Waals surface area contributed by atoms with Crippen LogP contribution in [0.15, 0.2) is 48.6 Å². The van der Waals surface area contributed by atoms with Gasteiger partial charge >= 0.3 is 17.9 Å². The monoisotopic (exact) mass is 939 g/mol. The Morgan fingerprint density at radius 1 is 0.313 bits per heavy atom. The van der Waals surface area contributed by atoms with Gasteiger partial charge < -0.3 is 14.2 Å². The van der Waals surface area contributed by atoms with Gasteiger partial charge in [0.15, 0.2) is 6.10 Å². The topological polar surface area (TPSA) is 78.9 Å². The maximum atomic E-state index is 12.9. The van der Waals surface area contributed by atoms with Crippen LogP contribution in [0.3, 0.4) is 0 Å². The number of hydrogen-bond donors (Lipinski definition) is 0. The molecule has 0 heterocycles. The number of ether oxygens (including phenoxy) is 3. The maximum Gasteiger partial charge on any atom is 0.306 e. The van der Waals surface area contributed by atoms with Crippen molar-refractivity contribution in [1.29, 1.82) is 0 Å². The van der Waals surface area contributed by atoms with E-state index in [1.165, 1.54) is 167 Å². The second-order valence-electron chi connectivity index (χ2n) is 19.5. The summed E-state index contributed by atoms with van der Waals surface area (Å²) >= 11 is 0. The largest absolute Gasteiger partial charge is 0.462 e. The highest BCUT2D eigenvalue weighted by Gasteiger charge is 2.19. The van der Waals surface area contributed by atoms with Gasteiger partial charge in [-0.3, -0.25) is 14.4 Å². The lowest BCUT2D eigenvalue weighted by atomic mass is 10.0. The molecule has 0 rings (SSSR count). The van der Waals surface area contributed by atoms with Crippen LogP contribution in [-0.2, 0) is 28.6 Å². The smallest absolute Gasteiger partial charge is 0.306 e. The minimum Gasteiger partial charge on any atom is -0.462 e. The van der Waals surface area contributed by atoms with Crippen LogP contribution in [-0.4, -0.2) is 37.2 Å². The van der Waals surface area contributed by atoms with E-state index in [1.54, 1.807) is 0 Å². The van der Waals surface area contributed by atoms with Gasteiger partial charge in [0.2, 0.25) is 0 Å². The molecule has 0 bridgehead atoms.